The van der Waals surface area contributed by atoms with Gasteiger partial charge in [0.1, 0.15) is 146 Å². The molecule has 11 rings (SSSR count). The van der Waals surface area contributed by atoms with Gasteiger partial charge >= 0.3 is 5.97 Å². The number of fused-ring (bicyclic) bond motifs is 4. The van der Waals surface area contributed by atoms with E-state index in [1.807, 2.05) is 13.8 Å². The molecule has 16 N–H and O–H groups in total. The molecule has 0 radical (unpaired) electrons. The molecule has 1 spiro atoms. The highest BCUT2D eigenvalue weighted by atomic mass is 16.8. The molecular formula is C66H104O32. The molecule has 32 heteroatoms. The summed E-state index contributed by atoms with van der Waals surface area (Å²) in [5.74, 6) is -1.06. The summed E-state index contributed by atoms with van der Waals surface area (Å²) in [5.41, 5.74) is -1.66. The van der Waals surface area contributed by atoms with E-state index in [0.29, 0.717) is 38.5 Å². The zero-order valence-electron chi connectivity index (χ0n) is 56.4. The third-order valence-electron chi connectivity index (χ3n) is 24.1. The minimum Gasteiger partial charge on any atom is -0.458 e. The molecule has 10 fully saturated rings. The quantitative estimate of drug-likeness (QED) is 0.0292. The average molecular weight is 1410 g/mol. The Hall–Kier alpha value is -2.54. The van der Waals surface area contributed by atoms with Crippen LogP contribution in [-0.4, -0.2) is 323 Å². The number of allylic oxidation sites excluding steroid dienone is 3. The fourth-order valence-corrected chi connectivity index (χ4v) is 18.8. The summed E-state index contributed by atoms with van der Waals surface area (Å²) >= 11 is 0. The monoisotopic (exact) mass is 1410 g/mol. The first-order valence-corrected chi connectivity index (χ1v) is 34.3. The van der Waals surface area contributed by atoms with E-state index >= 15 is 0 Å². The number of ketones is 1. The number of methoxy groups -OCH3 is 1. The second-order valence-corrected chi connectivity index (χ2v) is 30.4. The molecule has 0 aromatic rings. The maximum Gasteiger partial charge on any atom is 0.314 e. The van der Waals surface area contributed by atoms with Gasteiger partial charge in [-0.25, -0.2) is 0 Å². The Bertz CT molecular complexity index is 2820. The van der Waals surface area contributed by atoms with Gasteiger partial charge in [0.15, 0.2) is 37.7 Å². The normalized spacial score (nSPS) is 52.5. The number of carbonyl (C=O) groups excluding carboxylic acids is 2. The van der Waals surface area contributed by atoms with Gasteiger partial charge in [0.25, 0.3) is 0 Å². The molecule has 4 aliphatic carbocycles. The van der Waals surface area contributed by atoms with Gasteiger partial charge in [-0.2, -0.15) is 0 Å². The van der Waals surface area contributed by atoms with Gasteiger partial charge in [0.2, 0.25) is 0 Å². The van der Waals surface area contributed by atoms with Crippen LogP contribution < -0.4 is 0 Å². The van der Waals surface area contributed by atoms with E-state index < -0.39 is 250 Å². The van der Waals surface area contributed by atoms with Crippen molar-refractivity contribution in [3.63, 3.8) is 0 Å². The number of cyclic esters (lactones) is 1. The standard InChI is InChI=1S/C66H104O32/c1-25(2)11-10-16-65(8)54-29(71)19-64(7)28-12-13-35-62(4,5)36(15-17-63(35,6)27(28)14-18-66(54,64)61(84)98-65)93-60-53(41(76)34(24-86-60)92-57-47(82)51(39(74)32(22-69)89-57)95-56-44(79)42(77)37(72)30(20-67)88-56)97-55-45(80)43(78)49(26(3)87-55)94-59-48(83)52(40(75)33(23-70)91-59)96-58-46(81)50(85-9)38(73)31(21-68)90-58/h14,26,28,30-60,67-70,72-83H,1,10-13,15-24H2,2-9H3. The molecule has 7 saturated heterocycles. The molecular weight excluding hydrogens is 1300 g/mol. The molecule has 0 aromatic carbocycles. The van der Waals surface area contributed by atoms with Crippen molar-refractivity contribution < 1.29 is 158 Å². The molecule has 7 aliphatic heterocycles. The van der Waals surface area contributed by atoms with E-state index in [4.69, 9.17) is 66.3 Å². The first-order chi connectivity index (χ1) is 46.2. The van der Waals surface area contributed by atoms with Crippen LogP contribution in [0.2, 0.25) is 0 Å². The molecule has 0 aromatic heterocycles. The van der Waals surface area contributed by atoms with Crippen LogP contribution in [0.25, 0.3) is 0 Å². The van der Waals surface area contributed by atoms with Gasteiger partial charge in [-0.3, -0.25) is 9.59 Å². The Balaban J connectivity index is 0.835. The van der Waals surface area contributed by atoms with Crippen LogP contribution in [0, 0.1) is 39.4 Å². The smallest absolute Gasteiger partial charge is 0.314 e. The van der Waals surface area contributed by atoms with Crippen molar-refractivity contribution in [3.05, 3.63) is 23.8 Å². The fraction of sp³-hybridized carbons (Fsp3) is 0.909. The van der Waals surface area contributed by atoms with E-state index in [1.54, 1.807) is 0 Å². The maximum absolute atomic E-state index is 14.6. The van der Waals surface area contributed by atoms with Crippen molar-refractivity contribution in [1.29, 1.82) is 0 Å². The number of hydrogen-bond donors (Lipinski definition) is 16. The van der Waals surface area contributed by atoms with Crippen molar-refractivity contribution in [3.8, 4) is 0 Å². The summed E-state index contributed by atoms with van der Waals surface area (Å²) in [5, 5.41) is 177. The van der Waals surface area contributed by atoms with E-state index in [-0.39, 0.29) is 30.0 Å². The molecule has 3 saturated carbocycles. The van der Waals surface area contributed by atoms with Crippen LogP contribution in [0.4, 0.5) is 0 Å². The predicted molar refractivity (Wildman–Crippen MR) is 326 cm³/mol. The summed E-state index contributed by atoms with van der Waals surface area (Å²) < 4.78 is 84.3. The van der Waals surface area contributed by atoms with Gasteiger partial charge in [0.05, 0.1) is 56.6 Å². The third-order valence-corrected chi connectivity index (χ3v) is 24.1. The average Bonchev–Trinajstić information content (AvgIpc) is 1.47. The Morgan fingerprint density at radius 3 is 1.62 bits per heavy atom. The molecule has 98 heavy (non-hydrogen) atoms. The van der Waals surface area contributed by atoms with Crippen molar-refractivity contribution in [2.24, 2.45) is 39.4 Å². The molecule has 560 valence electrons. The number of esters is 1. The SMILES string of the molecule is C=C(C)CCCC1(C)OC(=O)C23CC=C4C(CCC5C4(C)CCC(OC4OCC(OC6OC(CO)C(O)C(OC7OC(CO)C(O)C(O)C7O)C6O)C(O)C4OC4OC(C)C(OC6OC(CO)C(O)C(OC7OC(CO)C(O)C(OC)C7O)C6O)C(O)C4O)C5(C)C)C2(C)CC(=O)C13. The highest BCUT2D eigenvalue weighted by Crippen LogP contribution is 2.75. The highest BCUT2D eigenvalue weighted by Gasteiger charge is 2.79. The number of rotatable bonds is 21. The molecule has 37 unspecified atom stereocenters. The van der Waals surface area contributed by atoms with E-state index in [2.05, 4.69) is 40.3 Å². The lowest BCUT2D eigenvalue weighted by Gasteiger charge is -2.63. The van der Waals surface area contributed by atoms with E-state index in [1.165, 1.54) is 19.6 Å². The number of Topliss-reactive ketones (excluding diaryl/α,β-unsaturated/α-hetero) is 1. The lowest BCUT2D eigenvalue weighted by molar-refractivity contribution is -0.397. The van der Waals surface area contributed by atoms with E-state index in [0.717, 1.165) is 18.4 Å². The second kappa shape index (κ2) is 29.4. The molecule has 0 amide bonds. The molecule has 37 atom stereocenters. The molecule has 7 heterocycles. The molecule has 32 nitrogen and oxygen atoms in total. The summed E-state index contributed by atoms with van der Waals surface area (Å²) in [6.07, 6.45) is -44.4. The number of aliphatic hydroxyl groups is 16. The Labute approximate surface area is 567 Å². The van der Waals surface area contributed by atoms with Crippen LogP contribution in [0.5, 0.6) is 0 Å². The Morgan fingerprint density at radius 2 is 1.06 bits per heavy atom. The summed E-state index contributed by atoms with van der Waals surface area (Å²) in [6.45, 7) is 13.8. The first kappa shape index (κ1) is 76.6. The van der Waals surface area contributed by atoms with Crippen molar-refractivity contribution in [2.45, 2.75) is 296 Å². The predicted octanol–water partition coefficient (Wildman–Crippen LogP) is -4.56. The number of carbonyl (C=O) groups is 2. The van der Waals surface area contributed by atoms with Crippen LogP contribution in [-0.2, 0) is 75.9 Å². The van der Waals surface area contributed by atoms with Crippen molar-refractivity contribution >= 4 is 11.8 Å². The van der Waals surface area contributed by atoms with Crippen LogP contribution >= 0.6 is 0 Å². The van der Waals surface area contributed by atoms with Gasteiger partial charge in [-0.05, 0) is 100 Å². The zero-order chi connectivity index (χ0) is 71.4. The van der Waals surface area contributed by atoms with Crippen LogP contribution in [0.15, 0.2) is 23.8 Å². The van der Waals surface area contributed by atoms with Crippen molar-refractivity contribution in [2.75, 3.05) is 40.1 Å². The minimum atomic E-state index is -2.09. The second-order valence-electron chi connectivity index (χ2n) is 30.4. The number of hydrogen-bond acceptors (Lipinski definition) is 32. The van der Waals surface area contributed by atoms with Gasteiger partial charge in [-0.1, -0.05) is 44.9 Å². The lowest BCUT2D eigenvalue weighted by atomic mass is 9.41. The topological polar surface area (TPSA) is 487 Å². The molecule has 0 bridgehead atoms. The van der Waals surface area contributed by atoms with Crippen LogP contribution in [0.3, 0.4) is 0 Å². The zero-order valence-corrected chi connectivity index (χ0v) is 56.4. The Kier molecular flexibility index (Phi) is 23.0. The van der Waals surface area contributed by atoms with Gasteiger partial charge in [-0.15, -0.1) is 6.58 Å². The highest BCUT2D eigenvalue weighted by molar-refractivity contribution is 5.99. The minimum absolute atomic E-state index is 0.0447. The van der Waals surface area contributed by atoms with Gasteiger partial charge < -0.3 is 148 Å². The lowest BCUT2D eigenvalue weighted by Crippen LogP contribution is -2.67. The van der Waals surface area contributed by atoms with E-state index in [9.17, 15) is 91.3 Å². The Morgan fingerprint density at radius 1 is 0.561 bits per heavy atom. The largest absolute Gasteiger partial charge is 0.458 e. The molecule has 11 aliphatic rings. The third kappa shape index (κ3) is 13.0. The fourth-order valence-electron chi connectivity index (χ4n) is 18.8. The first-order valence-electron chi connectivity index (χ1n) is 34.3. The summed E-state index contributed by atoms with van der Waals surface area (Å²) in [6, 6.07) is 0. The summed E-state index contributed by atoms with van der Waals surface area (Å²) in [7, 11) is 1.17. The van der Waals surface area contributed by atoms with Crippen LogP contribution in [0.1, 0.15) is 106 Å². The van der Waals surface area contributed by atoms with Crippen molar-refractivity contribution in [1.82, 2.24) is 0 Å². The maximum atomic E-state index is 14.6. The summed E-state index contributed by atoms with van der Waals surface area (Å²) in [4.78, 5) is 29.1. The van der Waals surface area contributed by atoms with Gasteiger partial charge in [0, 0.05) is 13.5 Å². The number of ether oxygens (including phenoxy) is 14. The number of aliphatic hydroxyl groups excluding tert-OH is 16.